The number of hydrogen-bond donors (Lipinski definition) is 1. The van der Waals surface area contributed by atoms with Crippen LogP contribution in [-0.2, 0) is 11.2 Å². The maximum atomic E-state index is 12.6. The Balaban J connectivity index is 0.00000272. The van der Waals surface area contributed by atoms with E-state index in [0.717, 1.165) is 69.6 Å². The number of fused-ring (bicyclic) bond motifs is 1. The molecule has 0 bridgehead atoms. The van der Waals surface area contributed by atoms with Gasteiger partial charge >= 0.3 is 0 Å². The van der Waals surface area contributed by atoms with Crippen molar-refractivity contribution in [2.24, 2.45) is 4.99 Å². The Morgan fingerprint density at radius 2 is 1.84 bits per heavy atom. The molecule has 2 aliphatic heterocycles. The summed E-state index contributed by atoms with van der Waals surface area (Å²) in [6, 6.07) is 14.2. The molecular weight excluding hydrogens is 503 g/mol. The minimum atomic E-state index is 0. The Kier molecular flexibility index (Phi) is 8.51. The number of benzene rings is 1. The number of pyridine rings is 1. The number of aromatic nitrogens is 1. The first-order valence-corrected chi connectivity index (χ1v) is 10.8. The maximum Gasteiger partial charge on any atom is 0.227 e. The number of para-hydroxylation sites is 1. The molecule has 0 aliphatic carbocycles. The van der Waals surface area contributed by atoms with Crippen molar-refractivity contribution in [1.82, 2.24) is 15.2 Å². The monoisotopic (exact) mass is 534 g/mol. The fraction of sp³-hybridized carbons (Fsp3) is 0.435. The number of aliphatic imine (C=N–C) groups is 1. The first-order valence-electron chi connectivity index (χ1n) is 10.8. The first-order chi connectivity index (χ1) is 14.8. The van der Waals surface area contributed by atoms with Crippen molar-refractivity contribution in [3.8, 4) is 0 Å². The Labute approximate surface area is 201 Å². The molecule has 2 aliphatic rings. The summed E-state index contributed by atoms with van der Waals surface area (Å²) in [5.74, 6) is 2.15. The van der Waals surface area contributed by atoms with Crippen molar-refractivity contribution in [2.45, 2.75) is 19.3 Å². The van der Waals surface area contributed by atoms with E-state index in [4.69, 9.17) is 0 Å². The standard InChI is InChI=1S/C23H30N6O.HI/c1-24-23(28-17-15-27(16-18-28)21-9-4-5-12-25-21)26-13-6-10-22(30)29-14-11-19-7-2-3-8-20(19)29;/h2-5,7-9,12H,6,10-11,13-18H2,1H3,(H,24,26);1H. The zero-order valence-electron chi connectivity index (χ0n) is 18.0. The number of amides is 1. The molecule has 1 aromatic heterocycles. The molecule has 1 amide bonds. The van der Waals surface area contributed by atoms with Crippen LogP contribution < -0.4 is 15.1 Å². The number of hydrogen-bond acceptors (Lipinski definition) is 4. The second-order valence-corrected chi connectivity index (χ2v) is 7.66. The highest BCUT2D eigenvalue weighted by Crippen LogP contribution is 2.28. The average molecular weight is 534 g/mol. The molecule has 0 saturated carbocycles. The van der Waals surface area contributed by atoms with Crippen LogP contribution in [0, 0.1) is 0 Å². The highest BCUT2D eigenvalue weighted by Gasteiger charge is 2.24. The molecular formula is C23H31IN6O. The Bertz CT molecular complexity index is 883. The fourth-order valence-electron chi connectivity index (χ4n) is 4.19. The van der Waals surface area contributed by atoms with E-state index < -0.39 is 0 Å². The third-order valence-electron chi connectivity index (χ3n) is 5.80. The Hall–Kier alpha value is -2.36. The molecule has 1 aromatic carbocycles. The summed E-state index contributed by atoms with van der Waals surface area (Å²) in [5.41, 5.74) is 2.35. The van der Waals surface area contributed by atoms with Gasteiger partial charge in [-0.15, -0.1) is 24.0 Å². The van der Waals surface area contributed by atoms with Crippen LogP contribution in [-0.4, -0.2) is 68.1 Å². The van der Waals surface area contributed by atoms with Crippen LogP contribution in [0.2, 0.25) is 0 Å². The van der Waals surface area contributed by atoms with E-state index >= 15 is 0 Å². The SMILES string of the molecule is CN=C(NCCCC(=O)N1CCc2ccccc21)N1CCN(c2ccccn2)CC1.I. The third kappa shape index (κ3) is 5.66. The van der Waals surface area contributed by atoms with Crippen molar-refractivity contribution in [1.29, 1.82) is 0 Å². The molecule has 4 rings (SSSR count). The van der Waals surface area contributed by atoms with Crippen molar-refractivity contribution in [3.05, 3.63) is 54.2 Å². The lowest BCUT2D eigenvalue weighted by Crippen LogP contribution is -2.52. The van der Waals surface area contributed by atoms with Gasteiger partial charge in [0, 0.05) is 64.6 Å². The van der Waals surface area contributed by atoms with Gasteiger partial charge < -0.3 is 20.0 Å². The van der Waals surface area contributed by atoms with Crippen LogP contribution in [0.15, 0.2) is 53.7 Å². The quantitative estimate of drug-likeness (QED) is 0.277. The number of anilines is 2. The highest BCUT2D eigenvalue weighted by molar-refractivity contribution is 14.0. The maximum absolute atomic E-state index is 12.6. The lowest BCUT2D eigenvalue weighted by atomic mass is 10.2. The van der Waals surface area contributed by atoms with Gasteiger partial charge in [-0.3, -0.25) is 9.79 Å². The number of rotatable bonds is 5. The zero-order valence-corrected chi connectivity index (χ0v) is 20.4. The molecule has 1 saturated heterocycles. The van der Waals surface area contributed by atoms with Gasteiger partial charge in [0.15, 0.2) is 5.96 Å². The lowest BCUT2D eigenvalue weighted by Gasteiger charge is -2.37. The van der Waals surface area contributed by atoms with E-state index in [-0.39, 0.29) is 29.9 Å². The van der Waals surface area contributed by atoms with Gasteiger partial charge in [0.25, 0.3) is 0 Å². The number of carbonyl (C=O) groups excluding carboxylic acids is 1. The van der Waals surface area contributed by atoms with E-state index in [1.54, 1.807) is 0 Å². The number of nitrogens with zero attached hydrogens (tertiary/aromatic N) is 5. The van der Waals surface area contributed by atoms with E-state index in [1.165, 1.54) is 5.56 Å². The molecule has 1 N–H and O–H groups in total. The summed E-state index contributed by atoms with van der Waals surface area (Å²) >= 11 is 0. The predicted molar refractivity (Wildman–Crippen MR) is 137 cm³/mol. The topological polar surface area (TPSA) is 64.1 Å². The van der Waals surface area contributed by atoms with Gasteiger partial charge in [-0.2, -0.15) is 0 Å². The van der Waals surface area contributed by atoms with Crippen molar-refractivity contribution in [3.63, 3.8) is 0 Å². The van der Waals surface area contributed by atoms with E-state index in [2.05, 4.69) is 37.2 Å². The molecule has 8 heteroatoms. The molecule has 31 heavy (non-hydrogen) atoms. The zero-order chi connectivity index (χ0) is 20.8. The summed E-state index contributed by atoms with van der Waals surface area (Å²) in [4.78, 5) is 28.0. The summed E-state index contributed by atoms with van der Waals surface area (Å²) in [7, 11) is 1.82. The van der Waals surface area contributed by atoms with E-state index in [1.807, 2.05) is 48.5 Å². The van der Waals surface area contributed by atoms with Crippen LogP contribution in [0.25, 0.3) is 0 Å². The van der Waals surface area contributed by atoms with Gasteiger partial charge in [-0.25, -0.2) is 4.98 Å². The van der Waals surface area contributed by atoms with Crippen LogP contribution >= 0.6 is 24.0 Å². The summed E-state index contributed by atoms with van der Waals surface area (Å²) < 4.78 is 0. The van der Waals surface area contributed by atoms with E-state index in [9.17, 15) is 4.79 Å². The molecule has 0 unspecified atom stereocenters. The van der Waals surface area contributed by atoms with Crippen molar-refractivity contribution < 1.29 is 4.79 Å². The third-order valence-corrected chi connectivity index (χ3v) is 5.80. The van der Waals surface area contributed by atoms with Gasteiger partial charge in [0.05, 0.1) is 0 Å². The van der Waals surface area contributed by atoms with Gasteiger partial charge in [0.2, 0.25) is 5.91 Å². The summed E-state index contributed by atoms with van der Waals surface area (Å²) in [6.07, 6.45) is 4.14. The van der Waals surface area contributed by atoms with Crippen LogP contribution in [0.3, 0.4) is 0 Å². The van der Waals surface area contributed by atoms with Crippen molar-refractivity contribution in [2.75, 3.05) is 56.1 Å². The molecule has 0 spiro atoms. The number of nitrogens with one attached hydrogen (secondary N) is 1. The molecule has 3 heterocycles. The Morgan fingerprint density at radius 1 is 1.06 bits per heavy atom. The minimum absolute atomic E-state index is 0. The average Bonchev–Trinajstić information content (AvgIpc) is 3.24. The van der Waals surface area contributed by atoms with Gasteiger partial charge in [-0.05, 0) is 36.6 Å². The number of carbonyl (C=O) groups is 1. The second kappa shape index (κ2) is 11.3. The predicted octanol–water partition coefficient (Wildman–Crippen LogP) is 2.77. The van der Waals surface area contributed by atoms with E-state index in [0.29, 0.717) is 6.42 Å². The summed E-state index contributed by atoms with van der Waals surface area (Å²) in [5, 5.41) is 3.43. The smallest absolute Gasteiger partial charge is 0.227 e. The highest BCUT2D eigenvalue weighted by atomic mass is 127. The fourth-order valence-corrected chi connectivity index (χ4v) is 4.19. The van der Waals surface area contributed by atoms with Crippen LogP contribution in [0.4, 0.5) is 11.5 Å². The Morgan fingerprint density at radius 3 is 2.58 bits per heavy atom. The first kappa shape index (κ1) is 23.3. The number of piperazine rings is 1. The molecule has 2 aromatic rings. The van der Waals surface area contributed by atoms with Crippen LogP contribution in [0.1, 0.15) is 18.4 Å². The molecule has 1 fully saturated rings. The second-order valence-electron chi connectivity index (χ2n) is 7.66. The number of guanidine groups is 1. The molecule has 0 radical (unpaired) electrons. The lowest BCUT2D eigenvalue weighted by molar-refractivity contribution is -0.118. The van der Waals surface area contributed by atoms with Gasteiger partial charge in [-0.1, -0.05) is 24.3 Å². The molecule has 0 atom stereocenters. The molecule has 7 nitrogen and oxygen atoms in total. The normalized spacial score (nSPS) is 16.0. The van der Waals surface area contributed by atoms with Crippen LogP contribution in [0.5, 0.6) is 0 Å². The minimum Gasteiger partial charge on any atom is -0.356 e. The largest absolute Gasteiger partial charge is 0.356 e. The summed E-state index contributed by atoms with van der Waals surface area (Å²) in [6.45, 7) is 5.19. The van der Waals surface area contributed by atoms with Gasteiger partial charge in [0.1, 0.15) is 5.82 Å². The van der Waals surface area contributed by atoms with Crippen molar-refractivity contribution >= 4 is 47.3 Å². The molecule has 166 valence electrons. The number of halogens is 1.